The average molecular weight is 292 g/mol. The molecule has 0 atom stereocenters. The van der Waals surface area contributed by atoms with E-state index in [1.807, 2.05) is 6.07 Å². The standard InChI is InChI=1S/C18H32N2O/c1-4-10-19-16-17-8-7-9-18(15-17)21-14-13-20(11-5-2)12-6-3/h7-9,15,19H,4-6,10-14,16H2,1-3H3. The molecular formula is C18H32N2O. The van der Waals surface area contributed by atoms with Gasteiger partial charge in [0.05, 0.1) is 0 Å². The number of rotatable bonds is 12. The second-order valence-corrected chi connectivity index (χ2v) is 5.51. The van der Waals surface area contributed by atoms with Crippen LogP contribution in [0.4, 0.5) is 0 Å². The van der Waals surface area contributed by atoms with Gasteiger partial charge in [0, 0.05) is 13.1 Å². The largest absolute Gasteiger partial charge is 0.492 e. The van der Waals surface area contributed by atoms with Crippen molar-refractivity contribution in [3.05, 3.63) is 29.8 Å². The summed E-state index contributed by atoms with van der Waals surface area (Å²) in [5.74, 6) is 0.985. The van der Waals surface area contributed by atoms with Gasteiger partial charge in [0.25, 0.3) is 0 Å². The van der Waals surface area contributed by atoms with Crippen LogP contribution in [0.5, 0.6) is 5.75 Å². The minimum Gasteiger partial charge on any atom is -0.492 e. The van der Waals surface area contributed by atoms with Gasteiger partial charge in [-0.3, -0.25) is 4.90 Å². The fourth-order valence-electron chi connectivity index (χ4n) is 2.42. The maximum atomic E-state index is 5.91. The Hall–Kier alpha value is -1.06. The maximum Gasteiger partial charge on any atom is 0.119 e. The van der Waals surface area contributed by atoms with Crippen LogP contribution in [0.3, 0.4) is 0 Å². The third-order valence-electron chi connectivity index (χ3n) is 3.41. The third-order valence-corrected chi connectivity index (χ3v) is 3.41. The molecule has 1 rings (SSSR count). The Morgan fingerprint density at radius 2 is 1.76 bits per heavy atom. The second kappa shape index (κ2) is 11.6. The molecule has 0 aliphatic rings. The minimum atomic E-state index is 0.770. The van der Waals surface area contributed by atoms with E-state index in [0.29, 0.717) is 0 Å². The van der Waals surface area contributed by atoms with Crippen molar-refractivity contribution in [1.82, 2.24) is 10.2 Å². The zero-order valence-corrected chi connectivity index (χ0v) is 14.0. The summed E-state index contributed by atoms with van der Waals surface area (Å²) in [4.78, 5) is 2.48. The number of hydrogen-bond acceptors (Lipinski definition) is 3. The molecule has 0 spiro atoms. The molecule has 3 nitrogen and oxygen atoms in total. The number of ether oxygens (including phenoxy) is 1. The zero-order valence-electron chi connectivity index (χ0n) is 14.0. The molecule has 0 saturated heterocycles. The topological polar surface area (TPSA) is 24.5 Å². The van der Waals surface area contributed by atoms with Gasteiger partial charge < -0.3 is 10.1 Å². The van der Waals surface area contributed by atoms with Crippen LogP contribution in [0.1, 0.15) is 45.6 Å². The van der Waals surface area contributed by atoms with E-state index in [9.17, 15) is 0 Å². The second-order valence-electron chi connectivity index (χ2n) is 5.51. The lowest BCUT2D eigenvalue weighted by Crippen LogP contribution is -2.30. The van der Waals surface area contributed by atoms with Crippen molar-refractivity contribution >= 4 is 0 Å². The molecule has 0 radical (unpaired) electrons. The fourth-order valence-corrected chi connectivity index (χ4v) is 2.42. The molecule has 0 aliphatic heterocycles. The first kappa shape index (κ1) is 18.0. The molecule has 0 bridgehead atoms. The number of benzene rings is 1. The van der Waals surface area contributed by atoms with Crippen molar-refractivity contribution in [3.8, 4) is 5.75 Å². The molecular weight excluding hydrogens is 260 g/mol. The van der Waals surface area contributed by atoms with Crippen LogP contribution in [0.15, 0.2) is 24.3 Å². The highest BCUT2D eigenvalue weighted by molar-refractivity contribution is 5.28. The molecule has 1 aromatic rings. The van der Waals surface area contributed by atoms with Gasteiger partial charge in [-0.1, -0.05) is 32.9 Å². The molecule has 0 unspecified atom stereocenters. The molecule has 1 aromatic carbocycles. The van der Waals surface area contributed by atoms with E-state index in [1.54, 1.807) is 0 Å². The maximum absolute atomic E-state index is 5.91. The normalized spacial score (nSPS) is 11.0. The summed E-state index contributed by atoms with van der Waals surface area (Å²) >= 11 is 0. The Labute approximate surface area is 130 Å². The highest BCUT2D eigenvalue weighted by Crippen LogP contribution is 2.13. The van der Waals surface area contributed by atoms with Crippen molar-refractivity contribution in [2.45, 2.75) is 46.6 Å². The third kappa shape index (κ3) is 8.08. The van der Waals surface area contributed by atoms with Gasteiger partial charge in [-0.2, -0.15) is 0 Å². The summed E-state index contributed by atoms with van der Waals surface area (Å²) in [6.07, 6.45) is 3.58. The minimum absolute atomic E-state index is 0.770. The van der Waals surface area contributed by atoms with Gasteiger partial charge in [-0.15, -0.1) is 0 Å². The van der Waals surface area contributed by atoms with Crippen LogP contribution >= 0.6 is 0 Å². The van der Waals surface area contributed by atoms with Gasteiger partial charge in [0.1, 0.15) is 12.4 Å². The van der Waals surface area contributed by atoms with E-state index in [-0.39, 0.29) is 0 Å². The first-order valence-corrected chi connectivity index (χ1v) is 8.44. The van der Waals surface area contributed by atoms with Gasteiger partial charge in [0.2, 0.25) is 0 Å². The molecule has 0 aliphatic carbocycles. The number of nitrogens with one attached hydrogen (secondary N) is 1. The van der Waals surface area contributed by atoms with Crippen LogP contribution in [0, 0.1) is 0 Å². The molecule has 0 amide bonds. The molecule has 1 N–H and O–H groups in total. The summed E-state index contributed by atoms with van der Waals surface area (Å²) in [5, 5.41) is 3.42. The van der Waals surface area contributed by atoms with E-state index >= 15 is 0 Å². The Morgan fingerprint density at radius 1 is 1.00 bits per heavy atom. The molecule has 21 heavy (non-hydrogen) atoms. The lowest BCUT2D eigenvalue weighted by atomic mass is 10.2. The van der Waals surface area contributed by atoms with Crippen LogP contribution in [-0.4, -0.2) is 37.7 Å². The molecule has 0 fully saturated rings. The highest BCUT2D eigenvalue weighted by Gasteiger charge is 2.03. The summed E-state index contributed by atoms with van der Waals surface area (Å²) in [5.41, 5.74) is 1.29. The van der Waals surface area contributed by atoms with Gasteiger partial charge in [0.15, 0.2) is 0 Å². The Kier molecular flexibility index (Phi) is 9.92. The lowest BCUT2D eigenvalue weighted by Gasteiger charge is -2.21. The molecule has 120 valence electrons. The Balaban J connectivity index is 2.35. The molecule has 0 aromatic heterocycles. The highest BCUT2D eigenvalue weighted by atomic mass is 16.5. The summed E-state index contributed by atoms with van der Waals surface area (Å²) in [6, 6.07) is 8.42. The van der Waals surface area contributed by atoms with Crippen LogP contribution in [0.25, 0.3) is 0 Å². The van der Waals surface area contributed by atoms with Crippen molar-refractivity contribution in [1.29, 1.82) is 0 Å². The van der Waals surface area contributed by atoms with Gasteiger partial charge in [-0.25, -0.2) is 0 Å². The van der Waals surface area contributed by atoms with Crippen LogP contribution in [0.2, 0.25) is 0 Å². The summed E-state index contributed by atoms with van der Waals surface area (Å²) in [7, 11) is 0. The van der Waals surface area contributed by atoms with Crippen molar-refractivity contribution in [2.24, 2.45) is 0 Å². The van der Waals surface area contributed by atoms with E-state index in [4.69, 9.17) is 4.74 Å². The Bertz CT molecular complexity index is 362. The predicted octanol–water partition coefficient (Wildman–Crippen LogP) is 3.69. The first-order valence-electron chi connectivity index (χ1n) is 8.44. The monoisotopic (exact) mass is 292 g/mol. The average Bonchev–Trinajstić information content (AvgIpc) is 2.48. The van der Waals surface area contributed by atoms with E-state index in [2.05, 4.69) is 49.2 Å². The fraction of sp³-hybridized carbons (Fsp3) is 0.667. The first-order chi connectivity index (χ1) is 10.3. The van der Waals surface area contributed by atoms with E-state index < -0.39 is 0 Å². The van der Waals surface area contributed by atoms with Crippen molar-refractivity contribution < 1.29 is 4.74 Å². The van der Waals surface area contributed by atoms with Gasteiger partial charge >= 0.3 is 0 Å². The van der Waals surface area contributed by atoms with E-state index in [1.165, 1.54) is 24.8 Å². The predicted molar refractivity (Wildman–Crippen MR) is 91.0 cm³/mol. The molecule has 3 heteroatoms. The zero-order chi connectivity index (χ0) is 15.3. The van der Waals surface area contributed by atoms with Gasteiger partial charge in [-0.05, 0) is 56.6 Å². The van der Waals surface area contributed by atoms with Crippen molar-refractivity contribution in [2.75, 3.05) is 32.8 Å². The van der Waals surface area contributed by atoms with Crippen molar-refractivity contribution in [3.63, 3.8) is 0 Å². The van der Waals surface area contributed by atoms with Crippen LogP contribution in [-0.2, 0) is 6.54 Å². The molecule has 0 saturated carbocycles. The summed E-state index contributed by atoms with van der Waals surface area (Å²) < 4.78 is 5.91. The SMILES string of the molecule is CCCNCc1cccc(OCCN(CCC)CCC)c1. The Morgan fingerprint density at radius 3 is 2.43 bits per heavy atom. The van der Waals surface area contributed by atoms with Crippen LogP contribution < -0.4 is 10.1 Å². The number of hydrogen-bond donors (Lipinski definition) is 1. The lowest BCUT2D eigenvalue weighted by molar-refractivity contribution is 0.209. The quantitative estimate of drug-likeness (QED) is 0.595. The smallest absolute Gasteiger partial charge is 0.119 e. The van der Waals surface area contributed by atoms with E-state index in [0.717, 1.165) is 45.1 Å². The summed E-state index contributed by atoms with van der Waals surface area (Å²) in [6.45, 7) is 12.7. The number of nitrogens with zero attached hydrogens (tertiary/aromatic N) is 1. The molecule has 0 heterocycles.